The van der Waals surface area contributed by atoms with Crippen LogP contribution in [-0.4, -0.2) is 43.8 Å². The summed E-state index contributed by atoms with van der Waals surface area (Å²) in [5.41, 5.74) is 1.53. The van der Waals surface area contributed by atoms with E-state index in [2.05, 4.69) is 5.16 Å². The normalized spacial score (nSPS) is 18.4. The van der Waals surface area contributed by atoms with Gasteiger partial charge < -0.3 is 14.5 Å². The summed E-state index contributed by atoms with van der Waals surface area (Å²) in [6.07, 6.45) is 1.75. The summed E-state index contributed by atoms with van der Waals surface area (Å²) >= 11 is 0. The topological polar surface area (TPSA) is 71.5 Å². The summed E-state index contributed by atoms with van der Waals surface area (Å²) in [6.45, 7) is 9.93. The number of hydrogen-bond acceptors (Lipinski definition) is 4. The molecule has 6 nitrogen and oxygen atoms in total. The number of hydrogen-bond donors (Lipinski definition) is 1. The Bertz CT molecular complexity index is 767. The van der Waals surface area contributed by atoms with Gasteiger partial charge >= 0.3 is 0 Å². The first-order chi connectivity index (χ1) is 11.2. The maximum absolute atomic E-state index is 13.1. The van der Waals surface area contributed by atoms with Crippen molar-refractivity contribution in [2.24, 2.45) is 0 Å². The van der Waals surface area contributed by atoms with Gasteiger partial charge in [-0.1, -0.05) is 5.16 Å². The van der Waals surface area contributed by atoms with E-state index in [-0.39, 0.29) is 11.9 Å². The smallest absolute Gasteiger partial charge is 0.256 e. The summed E-state index contributed by atoms with van der Waals surface area (Å²) in [5, 5.41) is 14.4. The first-order valence-electron chi connectivity index (χ1n) is 8.36. The first-order valence-corrected chi connectivity index (χ1v) is 8.36. The lowest BCUT2D eigenvalue weighted by Gasteiger charge is -2.33. The molecule has 1 aliphatic heterocycles. The minimum absolute atomic E-state index is 0.0285. The molecule has 0 bridgehead atoms. The van der Waals surface area contributed by atoms with Crippen LogP contribution in [-0.2, 0) is 0 Å². The van der Waals surface area contributed by atoms with E-state index in [9.17, 15) is 9.90 Å². The van der Waals surface area contributed by atoms with E-state index < -0.39 is 5.60 Å². The highest BCUT2D eigenvalue weighted by atomic mass is 16.5. The molecule has 3 rings (SSSR count). The Kier molecular flexibility index (Phi) is 4.03. The number of rotatable bonds is 3. The van der Waals surface area contributed by atoms with Gasteiger partial charge in [-0.15, -0.1) is 0 Å². The highest BCUT2D eigenvalue weighted by molar-refractivity contribution is 5.96. The quantitative estimate of drug-likeness (QED) is 0.939. The van der Waals surface area contributed by atoms with E-state index >= 15 is 0 Å². The van der Waals surface area contributed by atoms with Crippen molar-refractivity contribution in [3.05, 3.63) is 34.8 Å². The van der Waals surface area contributed by atoms with Crippen LogP contribution in [0.15, 0.2) is 16.7 Å². The predicted molar refractivity (Wildman–Crippen MR) is 90.4 cm³/mol. The fourth-order valence-electron chi connectivity index (χ4n) is 3.69. The molecule has 0 spiro atoms. The average Bonchev–Trinajstić information content (AvgIpc) is 3.17. The summed E-state index contributed by atoms with van der Waals surface area (Å²) < 4.78 is 7.09. The second-order valence-corrected chi connectivity index (χ2v) is 7.23. The fourth-order valence-corrected chi connectivity index (χ4v) is 3.69. The molecule has 2 aromatic heterocycles. The monoisotopic (exact) mass is 331 g/mol. The predicted octanol–water partition coefficient (Wildman–Crippen LogP) is 2.77. The van der Waals surface area contributed by atoms with Gasteiger partial charge in [0.2, 0.25) is 0 Å². The summed E-state index contributed by atoms with van der Waals surface area (Å²) in [4.78, 5) is 14.9. The van der Waals surface area contributed by atoms with E-state index in [0.717, 1.165) is 30.0 Å². The molecule has 0 aromatic carbocycles. The number of carbonyl (C=O) groups excluding carboxylic acids is 1. The lowest BCUT2D eigenvalue weighted by Crippen LogP contribution is -2.48. The number of nitrogens with zero attached hydrogens (tertiary/aromatic N) is 3. The maximum Gasteiger partial charge on any atom is 0.256 e. The average molecular weight is 331 g/mol. The number of aryl methyl sites for hydroxylation is 2. The van der Waals surface area contributed by atoms with Crippen LogP contribution in [0.3, 0.4) is 0 Å². The Labute approximate surface area is 142 Å². The van der Waals surface area contributed by atoms with Gasteiger partial charge in [0.05, 0.1) is 17.2 Å². The van der Waals surface area contributed by atoms with E-state index in [1.807, 2.05) is 37.5 Å². The fraction of sp³-hybridized carbons (Fsp3) is 0.556. The molecule has 1 atom stereocenters. The highest BCUT2D eigenvalue weighted by Gasteiger charge is 2.39. The molecule has 1 N–H and O–H groups in total. The van der Waals surface area contributed by atoms with Crippen LogP contribution >= 0.6 is 0 Å². The third-order valence-electron chi connectivity index (χ3n) is 4.84. The van der Waals surface area contributed by atoms with Crippen molar-refractivity contribution in [3.63, 3.8) is 0 Å². The van der Waals surface area contributed by atoms with E-state index in [1.54, 1.807) is 18.7 Å². The molecule has 0 saturated carbocycles. The number of carbonyl (C=O) groups is 1. The van der Waals surface area contributed by atoms with Crippen LogP contribution in [0.2, 0.25) is 0 Å². The third kappa shape index (κ3) is 2.75. The van der Waals surface area contributed by atoms with Crippen molar-refractivity contribution < 1.29 is 14.4 Å². The molecule has 1 unspecified atom stereocenters. The lowest BCUT2D eigenvalue weighted by atomic mass is 9.96. The molecule has 130 valence electrons. The largest absolute Gasteiger partial charge is 0.388 e. The number of likely N-dealkylation sites (tertiary alicyclic amines) is 1. The Balaban J connectivity index is 1.97. The standard InChI is InChI=1S/C18H25N3O3/c1-11-9-14(13(3)21(11)16-10-12(2)24-19-16)17(22)20-8-6-7-15(20)18(4,5)23/h9-10,15,23H,6-8H2,1-5H3. The molecule has 6 heteroatoms. The van der Waals surface area contributed by atoms with Crippen LogP contribution in [0.4, 0.5) is 0 Å². The Morgan fingerprint density at radius 1 is 1.33 bits per heavy atom. The van der Waals surface area contributed by atoms with Crippen LogP contribution < -0.4 is 0 Å². The van der Waals surface area contributed by atoms with Gasteiger partial charge in [-0.2, -0.15) is 0 Å². The zero-order valence-electron chi connectivity index (χ0n) is 15.0. The zero-order valence-corrected chi connectivity index (χ0v) is 15.0. The molecular weight excluding hydrogens is 306 g/mol. The Morgan fingerprint density at radius 3 is 2.62 bits per heavy atom. The van der Waals surface area contributed by atoms with E-state index in [1.165, 1.54) is 0 Å². The number of aliphatic hydroxyl groups is 1. The minimum atomic E-state index is -0.902. The molecule has 1 fully saturated rings. The van der Waals surface area contributed by atoms with Gasteiger partial charge in [0.15, 0.2) is 5.82 Å². The molecule has 1 aliphatic rings. The van der Waals surface area contributed by atoms with Crippen molar-refractivity contribution in [2.75, 3.05) is 6.54 Å². The highest BCUT2D eigenvalue weighted by Crippen LogP contribution is 2.30. The Hall–Kier alpha value is -2.08. The van der Waals surface area contributed by atoms with Gasteiger partial charge in [-0.05, 0) is 53.5 Å². The summed E-state index contributed by atoms with van der Waals surface area (Å²) in [7, 11) is 0. The second-order valence-electron chi connectivity index (χ2n) is 7.23. The van der Waals surface area contributed by atoms with Crippen LogP contribution in [0.25, 0.3) is 5.82 Å². The van der Waals surface area contributed by atoms with Gasteiger partial charge in [-0.25, -0.2) is 0 Å². The zero-order chi connectivity index (χ0) is 17.6. The SMILES string of the molecule is Cc1cc(-n2c(C)cc(C(=O)N3CCCC3C(C)(C)O)c2C)no1. The van der Waals surface area contributed by atoms with Crippen LogP contribution in [0.5, 0.6) is 0 Å². The van der Waals surface area contributed by atoms with Gasteiger partial charge in [0.25, 0.3) is 5.91 Å². The molecule has 2 aromatic rings. The molecule has 1 saturated heterocycles. The third-order valence-corrected chi connectivity index (χ3v) is 4.84. The molecule has 1 amide bonds. The molecular formula is C18H25N3O3. The van der Waals surface area contributed by atoms with Crippen molar-refractivity contribution >= 4 is 5.91 Å². The maximum atomic E-state index is 13.1. The molecule has 0 aliphatic carbocycles. The minimum Gasteiger partial charge on any atom is -0.388 e. The van der Waals surface area contributed by atoms with Gasteiger partial charge in [0, 0.05) is 24.0 Å². The summed E-state index contributed by atoms with van der Waals surface area (Å²) in [5.74, 6) is 1.38. The molecule has 3 heterocycles. The second kappa shape index (κ2) is 5.77. The number of aromatic nitrogens is 2. The number of amides is 1. The van der Waals surface area contributed by atoms with Gasteiger partial charge in [-0.3, -0.25) is 9.36 Å². The molecule has 0 radical (unpaired) electrons. The molecule has 24 heavy (non-hydrogen) atoms. The van der Waals surface area contributed by atoms with Crippen molar-refractivity contribution in [1.29, 1.82) is 0 Å². The van der Waals surface area contributed by atoms with Crippen molar-refractivity contribution in [2.45, 2.75) is 59.1 Å². The van der Waals surface area contributed by atoms with Crippen LogP contribution in [0, 0.1) is 20.8 Å². The van der Waals surface area contributed by atoms with Gasteiger partial charge in [0.1, 0.15) is 5.76 Å². The van der Waals surface area contributed by atoms with E-state index in [4.69, 9.17) is 4.52 Å². The van der Waals surface area contributed by atoms with Crippen LogP contribution in [0.1, 0.15) is 54.2 Å². The Morgan fingerprint density at radius 2 is 2.04 bits per heavy atom. The van der Waals surface area contributed by atoms with Crippen molar-refractivity contribution in [1.82, 2.24) is 14.6 Å². The first kappa shape index (κ1) is 16.8. The lowest BCUT2D eigenvalue weighted by molar-refractivity contribution is 0.000304. The van der Waals surface area contributed by atoms with Crippen molar-refractivity contribution in [3.8, 4) is 5.82 Å². The summed E-state index contributed by atoms with van der Waals surface area (Å²) in [6, 6.07) is 3.59. The van der Waals surface area contributed by atoms with E-state index in [0.29, 0.717) is 17.9 Å².